The van der Waals surface area contributed by atoms with Crippen LogP contribution in [0.15, 0.2) is 47.6 Å². The number of nitrogens with zero attached hydrogens (tertiary/aromatic N) is 4. The van der Waals surface area contributed by atoms with Crippen LogP contribution in [-0.2, 0) is 20.2 Å². The molecule has 0 aliphatic heterocycles. The molecule has 1 N–H and O–H groups in total. The molecule has 0 spiro atoms. The van der Waals surface area contributed by atoms with E-state index in [1.807, 2.05) is 20.0 Å². The quantitative estimate of drug-likeness (QED) is 0.319. The summed E-state index contributed by atoms with van der Waals surface area (Å²) >= 11 is 1.67. The summed E-state index contributed by atoms with van der Waals surface area (Å²) in [5, 5.41) is 15.8. The smallest absolute Gasteiger partial charge is 0.209 e. The van der Waals surface area contributed by atoms with Gasteiger partial charge in [-0.25, -0.2) is 4.68 Å². The fraction of sp³-hybridized carbons (Fsp3) is 0.409. The third-order valence-electron chi connectivity index (χ3n) is 4.46. The van der Waals surface area contributed by atoms with Gasteiger partial charge in [0.15, 0.2) is 11.5 Å². The third-order valence-corrected chi connectivity index (χ3v) is 5.56. The van der Waals surface area contributed by atoms with Gasteiger partial charge in [-0.3, -0.25) is 0 Å². The van der Waals surface area contributed by atoms with Gasteiger partial charge in [-0.1, -0.05) is 47.7 Å². The molecule has 0 saturated carbocycles. The van der Waals surface area contributed by atoms with Crippen LogP contribution in [-0.4, -0.2) is 39.1 Å². The molecule has 0 aliphatic carbocycles. The molecule has 1 aromatic heterocycles. The van der Waals surface area contributed by atoms with Crippen molar-refractivity contribution in [3.05, 3.63) is 59.2 Å². The summed E-state index contributed by atoms with van der Waals surface area (Å²) in [5.74, 6) is 2.53. The second-order valence-electron chi connectivity index (χ2n) is 6.95. The zero-order valence-corrected chi connectivity index (χ0v) is 19.8. The van der Waals surface area contributed by atoms with Crippen molar-refractivity contribution in [2.45, 2.75) is 38.6 Å². The van der Waals surface area contributed by atoms with Gasteiger partial charge in [0, 0.05) is 19.3 Å². The molecule has 3 aromatic rings. The first-order chi connectivity index (χ1) is 14.7. The molecule has 0 fully saturated rings. The lowest BCUT2D eigenvalue weighted by molar-refractivity contribution is 0.269. The summed E-state index contributed by atoms with van der Waals surface area (Å²) < 4.78 is 13.5. The molecule has 2 aromatic carbocycles. The van der Waals surface area contributed by atoms with E-state index in [1.165, 1.54) is 11.1 Å². The van der Waals surface area contributed by atoms with Crippen molar-refractivity contribution in [3.8, 4) is 11.5 Å². The highest BCUT2D eigenvalue weighted by molar-refractivity contribution is 7.99. The minimum atomic E-state index is 0. The number of halogens is 1. The first-order valence-electron chi connectivity index (χ1n) is 10.2. The number of aromatic nitrogens is 4. The summed E-state index contributed by atoms with van der Waals surface area (Å²) in [6.07, 6.45) is 1.04. The largest absolute Gasteiger partial charge is 0.490 e. The number of hydrogen-bond donors (Lipinski definition) is 1. The Morgan fingerprint density at radius 3 is 2.52 bits per heavy atom. The highest BCUT2D eigenvalue weighted by atomic mass is 35.5. The summed E-state index contributed by atoms with van der Waals surface area (Å²) in [6.45, 7) is 6.91. The molecule has 0 radical (unpaired) electrons. The first-order valence-corrected chi connectivity index (χ1v) is 11.1. The van der Waals surface area contributed by atoms with Gasteiger partial charge in [-0.15, -0.1) is 17.5 Å². The summed E-state index contributed by atoms with van der Waals surface area (Å²) in [5.41, 5.74) is 3.56. The van der Waals surface area contributed by atoms with Gasteiger partial charge in [0.05, 0.1) is 6.61 Å². The number of benzene rings is 2. The molecule has 0 saturated heterocycles. The van der Waals surface area contributed by atoms with Crippen molar-refractivity contribution < 1.29 is 9.47 Å². The standard InChI is InChI=1S/C22H29N5O2S.ClH/c1-4-28-21-14-19(15-23-12-5-13-30-22-24-25-26-27(22)3)10-11-20(21)29-16-18-8-6-17(2)7-9-18;/h6-11,14,23H,4-5,12-13,15-16H2,1-3H3;1H. The second kappa shape index (κ2) is 13.2. The summed E-state index contributed by atoms with van der Waals surface area (Å²) in [4.78, 5) is 0. The molecule has 9 heteroatoms. The maximum atomic E-state index is 6.01. The van der Waals surface area contributed by atoms with E-state index in [0.29, 0.717) is 13.2 Å². The molecule has 7 nitrogen and oxygen atoms in total. The molecule has 31 heavy (non-hydrogen) atoms. The Kier molecular flexibility index (Phi) is 10.6. The highest BCUT2D eigenvalue weighted by Gasteiger charge is 2.08. The van der Waals surface area contributed by atoms with E-state index in [-0.39, 0.29) is 12.4 Å². The Hall–Kier alpha value is -2.29. The maximum Gasteiger partial charge on any atom is 0.209 e. The van der Waals surface area contributed by atoms with Crippen molar-refractivity contribution in [2.75, 3.05) is 18.9 Å². The molecule has 0 aliphatic rings. The molecule has 0 amide bonds. The third kappa shape index (κ3) is 8.05. The number of tetrazole rings is 1. The fourth-order valence-electron chi connectivity index (χ4n) is 2.83. The molecule has 0 atom stereocenters. The zero-order valence-electron chi connectivity index (χ0n) is 18.2. The lowest BCUT2D eigenvalue weighted by Crippen LogP contribution is -2.15. The van der Waals surface area contributed by atoms with Crippen LogP contribution in [0.5, 0.6) is 11.5 Å². The van der Waals surface area contributed by atoms with Gasteiger partial charge in [0.25, 0.3) is 0 Å². The monoisotopic (exact) mass is 463 g/mol. The topological polar surface area (TPSA) is 74.1 Å². The van der Waals surface area contributed by atoms with E-state index < -0.39 is 0 Å². The van der Waals surface area contributed by atoms with Gasteiger partial charge < -0.3 is 14.8 Å². The highest BCUT2D eigenvalue weighted by Crippen LogP contribution is 2.29. The lowest BCUT2D eigenvalue weighted by atomic mass is 10.1. The Balaban J connectivity index is 0.00000341. The molecular formula is C22H30ClN5O2S. The Morgan fingerprint density at radius 1 is 1.03 bits per heavy atom. The average Bonchev–Trinajstić information content (AvgIpc) is 3.16. The number of ether oxygens (including phenoxy) is 2. The van der Waals surface area contributed by atoms with Crippen LogP contribution < -0.4 is 14.8 Å². The number of hydrogen-bond acceptors (Lipinski definition) is 7. The van der Waals surface area contributed by atoms with Crippen LogP contribution in [0.25, 0.3) is 0 Å². The zero-order chi connectivity index (χ0) is 21.2. The van der Waals surface area contributed by atoms with Gasteiger partial charge in [0.1, 0.15) is 6.61 Å². The van der Waals surface area contributed by atoms with Crippen molar-refractivity contribution >= 4 is 24.2 Å². The Morgan fingerprint density at radius 2 is 1.81 bits per heavy atom. The predicted octanol–water partition coefficient (Wildman–Crippen LogP) is 4.19. The van der Waals surface area contributed by atoms with Gasteiger partial charge in [0.2, 0.25) is 5.16 Å². The van der Waals surface area contributed by atoms with E-state index in [4.69, 9.17) is 9.47 Å². The van der Waals surface area contributed by atoms with Crippen LogP contribution in [0.1, 0.15) is 30.0 Å². The normalized spacial score (nSPS) is 10.5. The summed E-state index contributed by atoms with van der Waals surface area (Å²) in [7, 11) is 1.85. The number of rotatable bonds is 12. The van der Waals surface area contributed by atoms with Gasteiger partial charge >= 0.3 is 0 Å². The van der Waals surface area contributed by atoms with Crippen LogP contribution in [0.3, 0.4) is 0 Å². The number of thioether (sulfide) groups is 1. The molecule has 3 rings (SSSR count). The molecule has 1 heterocycles. The molecule has 168 valence electrons. The van der Waals surface area contributed by atoms with Crippen molar-refractivity contribution in [1.29, 1.82) is 0 Å². The predicted molar refractivity (Wildman–Crippen MR) is 126 cm³/mol. The Bertz CT molecular complexity index is 921. The van der Waals surface area contributed by atoms with E-state index in [0.717, 1.165) is 47.5 Å². The number of aryl methyl sites for hydroxylation is 2. The van der Waals surface area contributed by atoms with Crippen molar-refractivity contribution in [1.82, 2.24) is 25.5 Å². The van der Waals surface area contributed by atoms with Crippen LogP contribution in [0, 0.1) is 6.92 Å². The molecule has 0 bridgehead atoms. The van der Waals surface area contributed by atoms with Crippen molar-refractivity contribution in [3.63, 3.8) is 0 Å². The average molecular weight is 464 g/mol. The minimum absolute atomic E-state index is 0. The van der Waals surface area contributed by atoms with E-state index >= 15 is 0 Å². The van der Waals surface area contributed by atoms with Crippen molar-refractivity contribution in [2.24, 2.45) is 7.05 Å². The van der Waals surface area contributed by atoms with Gasteiger partial charge in [-0.2, -0.15) is 0 Å². The Labute approximate surface area is 194 Å². The van der Waals surface area contributed by atoms with E-state index in [2.05, 4.69) is 64.2 Å². The minimum Gasteiger partial charge on any atom is -0.490 e. The SMILES string of the molecule is CCOc1cc(CNCCCSc2nnnn2C)ccc1OCc1ccc(C)cc1.Cl. The number of nitrogens with one attached hydrogen (secondary N) is 1. The molecule has 0 unspecified atom stereocenters. The second-order valence-corrected chi connectivity index (χ2v) is 8.01. The summed E-state index contributed by atoms with van der Waals surface area (Å²) in [6, 6.07) is 14.5. The van der Waals surface area contributed by atoms with Gasteiger partial charge in [-0.05, 0) is 60.5 Å². The first kappa shape index (κ1) is 25.0. The lowest BCUT2D eigenvalue weighted by Gasteiger charge is -2.14. The van der Waals surface area contributed by atoms with Crippen LogP contribution >= 0.6 is 24.2 Å². The molecular weight excluding hydrogens is 434 g/mol. The fourth-order valence-corrected chi connectivity index (χ4v) is 3.62. The van der Waals surface area contributed by atoms with Crippen LogP contribution in [0.4, 0.5) is 0 Å². The van der Waals surface area contributed by atoms with E-state index in [1.54, 1.807) is 16.4 Å². The maximum absolute atomic E-state index is 6.01. The van der Waals surface area contributed by atoms with Crippen LogP contribution in [0.2, 0.25) is 0 Å². The van der Waals surface area contributed by atoms with E-state index in [9.17, 15) is 0 Å².